The van der Waals surface area contributed by atoms with Gasteiger partial charge in [-0.2, -0.15) is 0 Å². The Morgan fingerprint density at radius 1 is 1.16 bits per heavy atom. The van der Waals surface area contributed by atoms with Gasteiger partial charge in [-0.1, -0.05) is 34.6 Å². The van der Waals surface area contributed by atoms with Gasteiger partial charge in [0.15, 0.2) is 0 Å². The van der Waals surface area contributed by atoms with E-state index in [4.69, 9.17) is 5.11 Å². The third-order valence-electron chi connectivity index (χ3n) is 3.04. The molecule has 0 aliphatic rings. The van der Waals surface area contributed by atoms with Crippen molar-refractivity contribution in [1.82, 2.24) is 10.6 Å². The predicted molar refractivity (Wildman–Crippen MR) is 76.1 cm³/mol. The van der Waals surface area contributed by atoms with E-state index in [-0.39, 0.29) is 24.0 Å². The topological polar surface area (TPSA) is 78.4 Å². The normalized spacial score (nSPS) is 13.2. The highest BCUT2D eigenvalue weighted by molar-refractivity contribution is 5.76. The SMILES string of the molecule is CCC(CC)NC(=O)NCC(CC(C)(C)C)C(=O)O. The number of nitrogens with one attached hydrogen (secondary N) is 2. The number of carboxylic acids is 1. The molecule has 0 aliphatic heterocycles. The molecule has 1 unspecified atom stereocenters. The Morgan fingerprint density at radius 2 is 1.68 bits per heavy atom. The molecule has 0 aromatic rings. The second-order valence-electron chi connectivity index (χ2n) is 6.17. The van der Waals surface area contributed by atoms with E-state index in [0.717, 1.165) is 12.8 Å². The van der Waals surface area contributed by atoms with Crippen LogP contribution in [-0.4, -0.2) is 29.7 Å². The zero-order chi connectivity index (χ0) is 15.1. The summed E-state index contributed by atoms with van der Waals surface area (Å²) in [5.41, 5.74) is -0.0728. The fraction of sp³-hybridized carbons (Fsp3) is 0.857. The average Bonchev–Trinajstić information content (AvgIpc) is 2.29. The standard InChI is InChI=1S/C14H28N2O3/c1-6-11(7-2)16-13(19)15-9-10(12(17)18)8-14(3,4)5/h10-11H,6-9H2,1-5H3,(H,17,18)(H2,15,16,19). The first-order chi connectivity index (χ1) is 8.69. The van der Waals surface area contributed by atoms with Crippen molar-refractivity contribution in [3.63, 3.8) is 0 Å². The van der Waals surface area contributed by atoms with Gasteiger partial charge in [0.05, 0.1) is 5.92 Å². The van der Waals surface area contributed by atoms with Crippen molar-refractivity contribution in [3.8, 4) is 0 Å². The number of hydrogen-bond donors (Lipinski definition) is 3. The van der Waals surface area contributed by atoms with Gasteiger partial charge in [0.1, 0.15) is 0 Å². The maximum Gasteiger partial charge on any atom is 0.315 e. The van der Waals surface area contributed by atoms with Crippen molar-refractivity contribution in [2.24, 2.45) is 11.3 Å². The molecule has 112 valence electrons. The van der Waals surface area contributed by atoms with Crippen molar-refractivity contribution in [2.75, 3.05) is 6.54 Å². The maximum atomic E-state index is 11.6. The number of rotatable bonds is 7. The maximum absolute atomic E-state index is 11.6. The molecule has 5 heteroatoms. The Morgan fingerprint density at radius 3 is 2.05 bits per heavy atom. The van der Waals surface area contributed by atoms with E-state index >= 15 is 0 Å². The summed E-state index contributed by atoms with van der Waals surface area (Å²) in [7, 11) is 0. The number of amides is 2. The molecule has 1 atom stereocenters. The fourth-order valence-corrected chi connectivity index (χ4v) is 1.93. The smallest absolute Gasteiger partial charge is 0.315 e. The molecule has 0 aliphatic carbocycles. The number of carbonyl (C=O) groups is 2. The molecular weight excluding hydrogens is 244 g/mol. The van der Waals surface area contributed by atoms with Crippen molar-refractivity contribution >= 4 is 12.0 Å². The summed E-state index contributed by atoms with van der Waals surface area (Å²) in [6, 6.07) is -0.139. The van der Waals surface area contributed by atoms with Crippen LogP contribution in [0, 0.1) is 11.3 Å². The summed E-state index contributed by atoms with van der Waals surface area (Å²) in [6.07, 6.45) is 2.27. The number of aliphatic carboxylic acids is 1. The van der Waals surface area contributed by atoms with E-state index in [2.05, 4.69) is 10.6 Å². The van der Waals surface area contributed by atoms with Crippen LogP contribution < -0.4 is 10.6 Å². The lowest BCUT2D eigenvalue weighted by Gasteiger charge is -2.24. The summed E-state index contributed by atoms with van der Waals surface area (Å²) < 4.78 is 0. The zero-order valence-corrected chi connectivity index (χ0v) is 12.7. The van der Waals surface area contributed by atoms with Crippen LogP contribution in [0.25, 0.3) is 0 Å². The van der Waals surface area contributed by atoms with E-state index in [1.165, 1.54) is 0 Å². The monoisotopic (exact) mass is 272 g/mol. The molecule has 0 fully saturated rings. The molecule has 0 aromatic heterocycles. The van der Waals surface area contributed by atoms with Gasteiger partial charge in [-0.05, 0) is 24.7 Å². The highest BCUT2D eigenvalue weighted by Gasteiger charge is 2.25. The van der Waals surface area contributed by atoms with Crippen LogP contribution in [0.15, 0.2) is 0 Å². The number of urea groups is 1. The molecule has 19 heavy (non-hydrogen) atoms. The van der Waals surface area contributed by atoms with Crippen molar-refractivity contribution in [2.45, 2.75) is 59.9 Å². The first kappa shape index (κ1) is 17.7. The lowest BCUT2D eigenvalue weighted by Crippen LogP contribution is -2.44. The molecule has 0 heterocycles. The summed E-state index contributed by atoms with van der Waals surface area (Å²) in [4.78, 5) is 22.8. The summed E-state index contributed by atoms with van der Waals surface area (Å²) in [5.74, 6) is -1.41. The second kappa shape index (κ2) is 8.02. The van der Waals surface area contributed by atoms with Crippen LogP contribution in [-0.2, 0) is 4.79 Å². The Kier molecular flexibility index (Phi) is 7.49. The van der Waals surface area contributed by atoms with Gasteiger partial charge in [-0.15, -0.1) is 0 Å². The minimum atomic E-state index is -0.863. The highest BCUT2D eigenvalue weighted by atomic mass is 16.4. The molecule has 0 saturated carbocycles. The molecule has 0 rings (SSSR count). The van der Waals surface area contributed by atoms with Crippen LogP contribution in [0.5, 0.6) is 0 Å². The minimum absolute atomic E-state index is 0.0728. The van der Waals surface area contributed by atoms with E-state index in [1.807, 2.05) is 34.6 Å². The van der Waals surface area contributed by atoms with Crippen LogP contribution in [0.1, 0.15) is 53.9 Å². The summed E-state index contributed by atoms with van der Waals surface area (Å²) in [6.45, 7) is 10.2. The van der Waals surface area contributed by atoms with E-state index in [9.17, 15) is 9.59 Å². The van der Waals surface area contributed by atoms with Crippen LogP contribution in [0.4, 0.5) is 4.79 Å². The fourth-order valence-electron chi connectivity index (χ4n) is 1.93. The third kappa shape index (κ3) is 8.46. The van der Waals surface area contributed by atoms with Crippen molar-refractivity contribution in [1.29, 1.82) is 0 Å². The molecule has 0 bridgehead atoms. The Balaban J connectivity index is 4.25. The van der Waals surface area contributed by atoms with Crippen molar-refractivity contribution in [3.05, 3.63) is 0 Å². The average molecular weight is 272 g/mol. The van der Waals surface area contributed by atoms with Gasteiger partial charge in [0.25, 0.3) is 0 Å². The molecule has 5 nitrogen and oxygen atoms in total. The molecule has 2 amide bonds. The largest absolute Gasteiger partial charge is 0.481 e. The molecular formula is C14H28N2O3. The van der Waals surface area contributed by atoms with Gasteiger partial charge in [-0.3, -0.25) is 4.79 Å². The van der Waals surface area contributed by atoms with Gasteiger partial charge >= 0.3 is 12.0 Å². The second-order valence-corrected chi connectivity index (χ2v) is 6.17. The number of carboxylic acid groups (broad SMARTS) is 1. The quantitative estimate of drug-likeness (QED) is 0.666. The number of hydrogen-bond acceptors (Lipinski definition) is 2. The lowest BCUT2D eigenvalue weighted by molar-refractivity contribution is -0.142. The molecule has 0 saturated heterocycles. The van der Waals surface area contributed by atoms with Crippen LogP contribution in [0.3, 0.4) is 0 Å². The molecule has 0 radical (unpaired) electrons. The Labute approximate surface area is 116 Å². The predicted octanol–water partition coefficient (Wildman–Crippen LogP) is 2.61. The van der Waals surface area contributed by atoms with E-state index in [0.29, 0.717) is 6.42 Å². The van der Waals surface area contributed by atoms with Gasteiger partial charge in [0, 0.05) is 12.6 Å². The Hall–Kier alpha value is -1.26. The minimum Gasteiger partial charge on any atom is -0.481 e. The first-order valence-corrected chi connectivity index (χ1v) is 6.96. The summed E-state index contributed by atoms with van der Waals surface area (Å²) >= 11 is 0. The zero-order valence-electron chi connectivity index (χ0n) is 12.7. The van der Waals surface area contributed by atoms with E-state index in [1.54, 1.807) is 0 Å². The van der Waals surface area contributed by atoms with E-state index < -0.39 is 11.9 Å². The molecule has 0 spiro atoms. The van der Waals surface area contributed by atoms with Gasteiger partial charge in [0.2, 0.25) is 0 Å². The Bertz CT molecular complexity index is 294. The van der Waals surface area contributed by atoms with Gasteiger partial charge in [-0.25, -0.2) is 4.79 Å². The third-order valence-corrected chi connectivity index (χ3v) is 3.04. The highest BCUT2D eigenvalue weighted by Crippen LogP contribution is 2.24. The molecule has 0 aromatic carbocycles. The summed E-state index contributed by atoms with van der Waals surface area (Å²) in [5, 5.41) is 14.6. The lowest BCUT2D eigenvalue weighted by atomic mass is 9.84. The molecule has 3 N–H and O–H groups in total. The number of carbonyl (C=O) groups excluding carboxylic acids is 1. The van der Waals surface area contributed by atoms with Gasteiger partial charge < -0.3 is 15.7 Å². The van der Waals surface area contributed by atoms with Crippen LogP contribution in [0.2, 0.25) is 0 Å². The first-order valence-electron chi connectivity index (χ1n) is 6.96. The van der Waals surface area contributed by atoms with Crippen LogP contribution >= 0.6 is 0 Å². The van der Waals surface area contributed by atoms with Crippen molar-refractivity contribution < 1.29 is 14.7 Å².